The summed E-state index contributed by atoms with van der Waals surface area (Å²) in [5, 5.41) is 2.97. The average Bonchev–Trinajstić information content (AvgIpc) is 3.49. The molecule has 3 heterocycles. The van der Waals surface area contributed by atoms with Crippen molar-refractivity contribution in [1.29, 1.82) is 0 Å². The van der Waals surface area contributed by atoms with Crippen molar-refractivity contribution in [1.82, 2.24) is 14.2 Å². The van der Waals surface area contributed by atoms with Gasteiger partial charge in [-0.2, -0.15) is 4.31 Å². The van der Waals surface area contributed by atoms with Gasteiger partial charge in [-0.05, 0) is 62.8 Å². The number of rotatable bonds is 5. The number of nitrogens with zero attached hydrogens (tertiary/aromatic N) is 2. The molecular formula is C23H30N4O4S. The number of likely N-dealkylation sites (tertiary alicyclic amines) is 1. The molecule has 2 aromatic rings. The minimum Gasteiger partial charge on any atom is -0.356 e. The van der Waals surface area contributed by atoms with Gasteiger partial charge in [0.1, 0.15) is 10.6 Å². The summed E-state index contributed by atoms with van der Waals surface area (Å²) in [5.74, 6) is -0.769. The van der Waals surface area contributed by atoms with Gasteiger partial charge in [-0.15, -0.1) is 0 Å². The lowest BCUT2D eigenvalue weighted by Gasteiger charge is -2.31. The number of carbonyl (C=O) groups excluding carboxylic acids is 2. The highest BCUT2D eigenvalue weighted by Gasteiger charge is 2.34. The van der Waals surface area contributed by atoms with Gasteiger partial charge in [-0.25, -0.2) is 8.42 Å². The van der Waals surface area contributed by atoms with Crippen molar-refractivity contribution in [3.05, 3.63) is 47.3 Å². The van der Waals surface area contributed by atoms with E-state index in [9.17, 15) is 18.0 Å². The maximum atomic E-state index is 13.2. The molecule has 0 bridgehead atoms. The summed E-state index contributed by atoms with van der Waals surface area (Å²) in [6.45, 7) is 5.82. The van der Waals surface area contributed by atoms with Crippen LogP contribution in [0.15, 0.2) is 35.4 Å². The van der Waals surface area contributed by atoms with Gasteiger partial charge < -0.3 is 15.2 Å². The van der Waals surface area contributed by atoms with Crippen LogP contribution in [0, 0.1) is 19.8 Å². The van der Waals surface area contributed by atoms with E-state index in [-0.39, 0.29) is 28.9 Å². The Morgan fingerprint density at radius 1 is 1.09 bits per heavy atom. The Bertz CT molecular complexity index is 1120. The van der Waals surface area contributed by atoms with Gasteiger partial charge in [-0.1, -0.05) is 12.1 Å². The monoisotopic (exact) mass is 458 g/mol. The lowest BCUT2D eigenvalue weighted by Crippen LogP contribution is -2.43. The van der Waals surface area contributed by atoms with Crippen LogP contribution in [0.2, 0.25) is 0 Å². The van der Waals surface area contributed by atoms with Crippen molar-refractivity contribution in [3.63, 3.8) is 0 Å². The van der Waals surface area contributed by atoms with E-state index < -0.39 is 15.9 Å². The van der Waals surface area contributed by atoms with Gasteiger partial charge in [0.2, 0.25) is 15.9 Å². The van der Waals surface area contributed by atoms with Crippen molar-refractivity contribution in [2.75, 3.05) is 31.5 Å². The Balaban J connectivity index is 1.46. The number of aromatic amines is 1. The predicted octanol–water partition coefficient (Wildman–Crippen LogP) is 2.91. The lowest BCUT2D eigenvalue weighted by atomic mass is 9.98. The highest BCUT2D eigenvalue weighted by molar-refractivity contribution is 7.89. The number of amides is 2. The number of carbonyl (C=O) groups is 2. The molecule has 2 N–H and O–H groups in total. The summed E-state index contributed by atoms with van der Waals surface area (Å²) in [5.41, 5.74) is 3.13. The second kappa shape index (κ2) is 9.07. The highest BCUT2D eigenvalue weighted by Crippen LogP contribution is 2.27. The van der Waals surface area contributed by atoms with Gasteiger partial charge >= 0.3 is 0 Å². The number of aryl methyl sites for hydroxylation is 1. The van der Waals surface area contributed by atoms with E-state index in [4.69, 9.17) is 0 Å². The van der Waals surface area contributed by atoms with Crippen LogP contribution in [0.4, 0.5) is 5.69 Å². The first-order valence-electron chi connectivity index (χ1n) is 11.1. The second-order valence-electron chi connectivity index (χ2n) is 8.69. The minimum atomic E-state index is -3.80. The fourth-order valence-corrected chi connectivity index (χ4v) is 5.90. The van der Waals surface area contributed by atoms with E-state index in [1.54, 1.807) is 4.90 Å². The average molecular weight is 459 g/mol. The number of anilines is 1. The summed E-state index contributed by atoms with van der Waals surface area (Å²) in [7, 11) is -3.80. The summed E-state index contributed by atoms with van der Waals surface area (Å²) in [4.78, 5) is 30.1. The Hall–Kier alpha value is -2.65. The second-order valence-corrected chi connectivity index (χ2v) is 10.6. The summed E-state index contributed by atoms with van der Waals surface area (Å²) in [6, 6.07) is 7.15. The van der Waals surface area contributed by atoms with Crippen LogP contribution in [0.3, 0.4) is 0 Å². The maximum Gasteiger partial charge on any atom is 0.270 e. The zero-order valence-electron chi connectivity index (χ0n) is 18.6. The van der Waals surface area contributed by atoms with E-state index in [2.05, 4.69) is 10.3 Å². The van der Waals surface area contributed by atoms with E-state index >= 15 is 0 Å². The van der Waals surface area contributed by atoms with Crippen LogP contribution >= 0.6 is 0 Å². The maximum absolute atomic E-state index is 13.2. The van der Waals surface area contributed by atoms with Crippen LogP contribution in [-0.4, -0.2) is 60.6 Å². The molecular weight excluding hydrogens is 428 g/mol. The van der Waals surface area contributed by atoms with Crippen LogP contribution in [0.25, 0.3) is 0 Å². The molecule has 8 nitrogen and oxygen atoms in total. The van der Waals surface area contributed by atoms with Crippen molar-refractivity contribution in [3.8, 4) is 0 Å². The van der Waals surface area contributed by atoms with Crippen LogP contribution in [-0.2, 0) is 14.8 Å². The summed E-state index contributed by atoms with van der Waals surface area (Å²) < 4.78 is 27.8. The molecule has 0 saturated carbocycles. The molecule has 4 rings (SSSR count). The molecule has 2 amide bonds. The van der Waals surface area contributed by atoms with Gasteiger partial charge in [0.15, 0.2) is 0 Å². The van der Waals surface area contributed by atoms with Crippen LogP contribution in [0.5, 0.6) is 0 Å². The first-order chi connectivity index (χ1) is 15.3. The minimum absolute atomic E-state index is 0.0654. The van der Waals surface area contributed by atoms with Crippen LogP contribution in [0.1, 0.15) is 47.3 Å². The zero-order chi connectivity index (χ0) is 22.9. The van der Waals surface area contributed by atoms with Gasteiger partial charge in [0, 0.05) is 38.1 Å². The van der Waals surface area contributed by atoms with E-state index in [0.717, 1.165) is 29.7 Å². The number of H-pyrrole nitrogens is 1. The highest BCUT2D eigenvalue weighted by atomic mass is 32.2. The number of nitrogens with one attached hydrogen (secondary N) is 2. The Morgan fingerprint density at radius 2 is 1.84 bits per heavy atom. The largest absolute Gasteiger partial charge is 0.356 e. The Morgan fingerprint density at radius 3 is 2.59 bits per heavy atom. The molecule has 1 atom stereocenters. The smallest absolute Gasteiger partial charge is 0.270 e. The molecule has 2 aliphatic rings. The molecule has 9 heteroatoms. The van der Waals surface area contributed by atoms with Gasteiger partial charge in [0.25, 0.3) is 5.91 Å². The summed E-state index contributed by atoms with van der Waals surface area (Å²) >= 11 is 0. The van der Waals surface area contributed by atoms with Crippen molar-refractivity contribution < 1.29 is 18.0 Å². The molecule has 2 aliphatic heterocycles. The number of benzene rings is 1. The molecule has 0 aliphatic carbocycles. The third kappa shape index (κ3) is 4.45. The molecule has 0 spiro atoms. The number of sulfonamides is 1. The molecule has 2 fully saturated rings. The number of piperidine rings is 1. The summed E-state index contributed by atoms with van der Waals surface area (Å²) in [6.07, 6.45) is 4.55. The van der Waals surface area contributed by atoms with Crippen molar-refractivity contribution >= 4 is 27.5 Å². The Labute approximate surface area is 189 Å². The number of hydrogen-bond acceptors (Lipinski definition) is 4. The third-order valence-electron chi connectivity index (χ3n) is 6.54. The quantitative estimate of drug-likeness (QED) is 0.719. The molecule has 1 aromatic carbocycles. The van der Waals surface area contributed by atoms with E-state index in [1.807, 2.05) is 32.0 Å². The van der Waals surface area contributed by atoms with Gasteiger partial charge in [-0.3, -0.25) is 9.59 Å². The fraction of sp³-hybridized carbons (Fsp3) is 0.478. The Kier molecular flexibility index (Phi) is 6.39. The van der Waals surface area contributed by atoms with Crippen molar-refractivity contribution in [2.45, 2.75) is 44.4 Å². The lowest BCUT2D eigenvalue weighted by molar-refractivity contribution is -0.120. The molecule has 32 heavy (non-hydrogen) atoms. The molecule has 0 radical (unpaired) electrons. The molecule has 2 saturated heterocycles. The van der Waals surface area contributed by atoms with Crippen LogP contribution < -0.4 is 5.32 Å². The first-order valence-corrected chi connectivity index (χ1v) is 12.6. The fourth-order valence-electron chi connectivity index (χ4n) is 4.38. The molecule has 1 aromatic heterocycles. The zero-order valence-corrected chi connectivity index (χ0v) is 19.4. The normalized spacial score (nSPS) is 19.8. The third-order valence-corrected chi connectivity index (χ3v) is 8.38. The number of aromatic nitrogens is 1. The van der Waals surface area contributed by atoms with Gasteiger partial charge in [0.05, 0.1) is 5.92 Å². The first kappa shape index (κ1) is 22.5. The SMILES string of the molecule is Cc1cccc(NC(=O)[C@@H]2CCCN(S(=O)(=O)c3c[nH]c(C(=O)N4CCCC4)c3)C2)c1C. The predicted molar refractivity (Wildman–Crippen MR) is 122 cm³/mol. The standard InChI is InChI=1S/C23H30N4O4S/c1-16-7-5-9-20(17(16)2)25-22(28)18-8-6-12-27(15-18)32(30,31)19-13-21(24-14-19)23(29)26-10-3-4-11-26/h5,7,9,13-14,18,24H,3-4,6,8,10-12,15H2,1-2H3,(H,25,28)/t18-/m1/s1. The number of hydrogen-bond donors (Lipinski definition) is 2. The van der Waals surface area contributed by atoms with E-state index in [1.165, 1.54) is 16.6 Å². The topological polar surface area (TPSA) is 103 Å². The molecule has 172 valence electrons. The van der Waals surface area contributed by atoms with E-state index in [0.29, 0.717) is 32.5 Å². The molecule has 0 unspecified atom stereocenters. The van der Waals surface area contributed by atoms with Crippen molar-refractivity contribution in [2.24, 2.45) is 5.92 Å².